The van der Waals surface area contributed by atoms with E-state index in [4.69, 9.17) is 0 Å². The Bertz CT molecular complexity index is 577. The summed E-state index contributed by atoms with van der Waals surface area (Å²) < 4.78 is 0. The van der Waals surface area contributed by atoms with Crippen LogP contribution in [0.1, 0.15) is 37.7 Å². The van der Waals surface area contributed by atoms with E-state index in [9.17, 15) is 0 Å². The first kappa shape index (κ1) is 15.6. The van der Waals surface area contributed by atoms with Gasteiger partial charge in [-0.25, -0.2) is 9.97 Å². The van der Waals surface area contributed by atoms with Crippen LogP contribution in [0.3, 0.4) is 0 Å². The second kappa shape index (κ2) is 6.31. The standard InChI is InChI=1S/C17H24N4/c1-12-15(8-10-19-17(3,4)5)13(2)21-16(20-12)14-7-6-9-18-11-14/h6-7,9,11,19H,8,10H2,1-5H3. The Labute approximate surface area is 127 Å². The first-order chi connectivity index (χ1) is 9.87. The lowest BCUT2D eigenvalue weighted by molar-refractivity contribution is 0.429. The molecule has 21 heavy (non-hydrogen) atoms. The fourth-order valence-electron chi connectivity index (χ4n) is 2.29. The van der Waals surface area contributed by atoms with Gasteiger partial charge in [0.25, 0.3) is 0 Å². The molecule has 0 saturated carbocycles. The quantitative estimate of drug-likeness (QED) is 0.937. The highest BCUT2D eigenvalue weighted by molar-refractivity contribution is 5.54. The fraction of sp³-hybridized carbons (Fsp3) is 0.471. The molecule has 2 aromatic rings. The molecule has 0 aliphatic rings. The van der Waals surface area contributed by atoms with Crippen molar-refractivity contribution in [2.75, 3.05) is 6.54 Å². The molecule has 4 heteroatoms. The lowest BCUT2D eigenvalue weighted by atomic mass is 10.1. The first-order valence-corrected chi connectivity index (χ1v) is 7.36. The monoisotopic (exact) mass is 284 g/mol. The van der Waals surface area contributed by atoms with Crippen LogP contribution in [0.4, 0.5) is 0 Å². The van der Waals surface area contributed by atoms with Crippen molar-refractivity contribution >= 4 is 0 Å². The molecule has 2 rings (SSSR count). The Balaban J connectivity index is 2.18. The molecule has 0 aliphatic carbocycles. The summed E-state index contributed by atoms with van der Waals surface area (Å²) in [4.78, 5) is 13.4. The predicted molar refractivity (Wildman–Crippen MR) is 86.2 cm³/mol. The van der Waals surface area contributed by atoms with Gasteiger partial charge in [0.1, 0.15) is 0 Å². The molecule has 1 N–H and O–H groups in total. The fourth-order valence-corrected chi connectivity index (χ4v) is 2.29. The summed E-state index contributed by atoms with van der Waals surface area (Å²) in [5.74, 6) is 0.755. The summed E-state index contributed by atoms with van der Waals surface area (Å²) in [6.45, 7) is 11.6. The number of nitrogens with one attached hydrogen (secondary N) is 1. The molecule has 0 saturated heterocycles. The van der Waals surface area contributed by atoms with E-state index in [0.717, 1.165) is 35.7 Å². The van der Waals surface area contributed by atoms with Crippen LogP contribution < -0.4 is 5.32 Å². The lowest BCUT2D eigenvalue weighted by Crippen LogP contribution is -2.37. The van der Waals surface area contributed by atoms with Crippen molar-refractivity contribution in [1.82, 2.24) is 20.3 Å². The van der Waals surface area contributed by atoms with Crippen LogP contribution in [0.25, 0.3) is 11.4 Å². The van der Waals surface area contributed by atoms with E-state index in [-0.39, 0.29) is 5.54 Å². The molecule has 4 nitrogen and oxygen atoms in total. The maximum absolute atomic E-state index is 4.64. The number of aromatic nitrogens is 3. The van der Waals surface area contributed by atoms with E-state index in [1.165, 1.54) is 5.56 Å². The molecule has 0 bridgehead atoms. The van der Waals surface area contributed by atoms with Gasteiger partial charge in [0.05, 0.1) is 0 Å². The normalized spacial score (nSPS) is 11.7. The van der Waals surface area contributed by atoms with Gasteiger partial charge in [-0.3, -0.25) is 4.98 Å². The van der Waals surface area contributed by atoms with Gasteiger partial charge in [0.15, 0.2) is 5.82 Å². The van der Waals surface area contributed by atoms with Crippen molar-refractivity contribution in [3.8, 4) is 11.4 Å². The van der Waals surface area contributed by atoms with Crippen molar-refractivity contribution in [2.24, 2.45) is 0 Å². The molecule has 0 aromatic carbocycles. The second-order valence-electron chi connectivity index (χ2n) is 6.37. The van der Waals surface area contributed by atoms with Gasteiger partial charge in [0, 0.05) is 34.9 Å². The zero-order valence-corrected chi connectivity index (χ0v) is 13.6. The summed E-state index contributed by atoms with van der Waals surface area (Å²) in [6.07, 6.45) is 4.51. The van der Waals surface area contributed by atoms with Crippen molar-refractivity contribution < 1.29 is 0 Å². The molecule has 0 amide bonds. The minimum atomic E-state index is 0.137. The zero-order chi connectivity index (χ0) is 15.5. The molecule has 112 valence electrons. The van der Waals surface area contributed by atoms with Gasteiger partial charge in [-0.2, -0.15) is 0 Å². The average Bonchev–Trinajstić information content (AvgIpc) is 2.41. The highest BCUT2D eigenvalue weighted by atomic mass is 14.9. The summed E-state index contributed by atoms with van der Waals surface area (Å²) >= 11 is 0. The predicted octanol–water partition coefficient (Wildman–Crippen LogP) is 3.09. The van der Waals surface area contributed by atoms with Crippen LogP contribution in [0.15, 0.2) is 24.5 Å². The molecule has 0 atom stereocenters. The Kier molecular flexibility index (Phi) is 4.68. The van der Waals surface area contributed by atoms with E-state index in [2.05, 4.69) is 54.9 Å². The van der Waals surface area contributed by atoms with Gasteiger partial charge in [-0.15, -0.1) is 0 Å². The zero-order valence-electron chi connectivity index (χ0n) is 13.6. The van der Waals surface area contributed by atoms with Crippen molar-refractivity contribution in [3.63, 3.8) is 0 Å². The van der Waals surface area contributed by atoms with E-state index in [1.807, 2.05) is 12.1 Å². The minimum absolute atomic E-state index is 0.137. The van der Waals surface area contributed by atoms with Gasteiger partial charge in [-0.1, -0.05) is 0 Å². The van der Waals surface area contributed by atoms with Gasteiger partial charge < -0.3 is 5.32 Å². The maximum atomic E-state index is 4.64. The molecule has 2 aromatic heterocycles. The molecule has 0 unspecified atom stereocenters. The summed E-state index contributed by atoms with van der Waals surface area (Å²) in [5.41, 5.74) is 4.44. The topological polar surface area (TPSA) is 50.7 Å². The average molecular weight is 284 g/mol. The number of aryl methyl sites for hydroxylation is 2. The molecule has 0 fully saturated rings. The first-order valence-electron chi connectivity index (χ1n) is 7.36. The maximum Gasteiger partial charge on any atom is 0.161 e. The summed E-state index contributed by atoms with van der Waals surface area (Å²) in [7, 11) is 0. The number of nitrogens with zero attached hydrogens (tertiary/aromatic N) is 3. The Morgan fingerprint density at radius 1 is 1.10 bits per heavy atom. The van der Waals surface area contributed by atoms with Crippen LogP contribution in [0, 0.1) is 13.8 Å². The van der Waals surface area contributed by atoms with E-state index < -0.39 is 0 Å². The number of hydrogen-bond acceptors (Lipinski definition) is 4. The molecule has 2 heterocycles. The van der Waals surface area contributed by atoms with Gasteiger partial charge in [-0.05, 0) is 65.3 Å². The molecule has 0 radical (unpaired) electrons. The van der Waals surface area contributed by atoms with E-state index in [1.54, 1.807) is 12.4 Å². The smallest absolute Gasteiger partial charge is 0.161 e. The van der Waals surface area contributed by atoms with Crippen molar-refractivity contribution in [3.05, 3.63) is 41.5 Å². The molecule has 0 aliphatic heterocycles. The van der Waals surface area contributed by atoms with Gasteiger partial charge in [0.2, 0.25) is 0 Å². The highest BCUT2D eigenvalue weighted by Gasteiger charge is 2.12. The van der Waals surface area contributed by atoms with E-state index in [0.29, 0.717) is 0 Å². The van der Waals surface area contributed by atoms with Crippen molar-refractivity contribution in [2.45, 2.75) is 46.6 Å². The highest BCUT2D eigenvalue weighted by Crippen LogP contribution is 2.18. The Hall–Kier alpha value is -1.81. The lowest BCUT2D eigenvalue weighted by Gasteiger charge is -2.21. The number of hydrogen-bond donors (Lipinski definition) is 1. The molecule has 0 spiro atoms. The SMILES string of the molecule is Cc1nc(-c2cccnc2)nc(C)c1CCNC(C)(C)C. The molecular weight excluding hydrogens is 260 g/mol. The van der Waals surface area contributed by atoms with Crippen molar-refractivity contribution in [1.29, 1.82) is 0 Å². The van der Waals surface area contributed by atoms with Gasteiger partial charge >= 0.3 is 0 Å². The second-order valence-corrected chi connectivity index (χ2v) is 6.37. The summed E-state index contributed by atoms with van der Waals surface area (Å²) in [5, 5.41) is 3.51. The number of rotatable bonds is 4. The molecular formula is C17H24N4. The number of pyridine rings is 1. The van der Waals surface area contributed by atoms with Crippen LogP contribution in [0.2, 0.25) is 0 Å². The van der Waals surface area contributed by atoms with E-state index >= 15 is 0 Å². The largest absolute Gasteiger partial charge is 0.312 e. The Morgan fingerprint density at radius 2 is 1.76 bits per heavy atom. The minimum Gasteiger partial charge on any atom is -0.312 e. The van der Waals surface area contributed by atoms with Crippen LogP contribution in [-0.4, -0.2) is 27.0 Å². The Morgan fingerprint density at radius 3 is 2.29 bits per heavy atom. The summed E-state index contributed by atoms with van der Waals surface area (Å²) in [6, 6.07) is 3.90. The van der Waals surface area contributed by atoms with Crippen LogP contribution >= 0.6 is 0 Å². The van der Waals surface area contributed by atoms with Crippen LogP contribution in [0.5, 0.6) is 0 Å². The third-order valence-electron chi connectivity index (χ3n) is 3.37. The van der Waals surface area contributed by atoms with Crippen LogP contribution in [-0.2, 0) is 6.42 Å². The third-order valence-corrected chi connectivity index (χ3v) is 3.37. The third kappa shape index (κ3) is 4.33.